The standard InChI is InChI=1S/C15H23IN2/c1-15(2)9-3-4-13(15)14(18-17)10-11-5-7-12(16)8-6-11/h5-8,13-14,18H,3-4,9-10,17H2,1-2H3. The van der Waals surface area contributed by atoms with Gasteiger partial charge in [0.05, 0.1) is 0 Å². The van der Waals surface area contributed by atoms with E-state index >= 15 is 0 Å². The van der Waals surface area contributed by atoms with E-state index in [4.69, 9.17) is 5.84 Å². The Kier molecular flexibility index (Phi) is 4.67. The van der Waals surface area contributed by atoms with Crippen molar-refractivity contribution in [1.29, 1.82) is 0 Å². The first-order chi connectivity index (χ1) is 8.53. The van der Waals surface area contributed by atoms with Gasteiger partial charge in [0, 0.05) is 9.61 Å². The van der Waals surface area contributed by atoms with Crippen LogP contribution in [0.25, 0.3) is 0 Å². The first-order valence-corrected chi connectivity index (χ1v) is 7.81. The van der Waals surface area contributed by atoms with E-state index in [2.05, 4.69) is 66.1 Å². The molecule has 2 atom stereocenters. The van der Waals surface area contributed by atoms with Crippen LogP contribution in [0.2, 0.25) is 0 Å². The van der Waals surface area contributed by atoms with Crippen LogP contribution in [0.4, 0.5) is 0 Å². The normalized spacial score (nSPS) is 24.1. The zero-order valence-corrected chi connectivity index (χ0v) is 13.4. The number of nitrogens with two attached hydrogens (primary N) is 1. The van der Waals surface area contributed by atoms with Gasteiger partial charge in [-0.1, -0.05) is 32.4 Å². The third kappa shape index (κ3) is 3.25. The predicted molar refractivity (Wildman–Crippen MR) is 85.1 cm³/mol. The fourth-order valence-electron chi connectivity index (χ4n) is 3.29. The Morgan fingerprint density at radius 2 is 2.06 bits per heavy atom. The monoisotopic (exact) mass is 358 g/mol. The topological polar surface area (TPSA) is 38.0 Å². The third-order valence-corrected chi connectivity index (χ3v) is 5.13. The number of benzene rings is 1. The average molecular weight is 358 g/mol. The summed E-state index contributed by atoms with van der Waals surface area (Å²) in [5.74, 6) is 6.48. The minimum atomic E-state index is 0.391. The minimum absolute atomic E-state index is 0.391. The molecule has 1 aliphatic rings. The molecule has 1 aromatic rings. The van der Waals surface area contributed by atoms with Gasteiger partial charge in [-0.05, 0) is 70.9 Å². The molecule has 0 heterocycles. The molecule has 1 fully saturated rings. The highest BCUT2D eigenvalue weighted by atomic mass is 127. The Labute approximate surface area is 124 Å². The van der Waals surface area contributed by atoms with Gasteiger partial charge in [0.2, 0.25) is 0 Å². The maximum Gasteiger partial charge on any atom is 0.0284 e. The number of hydrazine groups is 1. The van der Waals surface area contributed by atoms with Gasteiger partial charge in [0.1, 0.15) is 0 Å². The zero-order chi connectivity index (χ0) is 13.2. The molecular formula is C15H23IN2. The number of rotatable bonds is 4. The maximum absolute atomic E-state index is 5.80. The largest absolute Gasteiger partial charge is 0.271 e. The van der Waals surface area contributed by atoms with Crippen LogP contribution in [0.3, 0.4) is 0 Å². The van der Waals surface area contributed by atoms with E-state index in [1.54, 1.807) is 0 Å². The van der Waals surface area contributed by atoms with Crippen molar-refractivity contribution in [3.8, 4) is 0 Å². The predicted octanol–water partition coefficient (Wildman–Crippen LogP) is 3.49. The number of nitrogens with one attached hydrogen (secondary N) is 1. The van der Waals surface area contributed by atoms with Crippen molar-refractivity contribution in [1.82, 2.24) is 5.43 Å². The first-order valence-electron chi connectivity index (χ1n) is 6.73. The van der Waals surface area contributed by atoms with Crippen LogP contribution in [-0.2, 0) is 6.42 Å². The summed E-state index contributed by atoms with van der Waals surface area (Å²) >= 11 is 2.34. The number of hydrogen-bond donors (Lipinski definition) is 2. The highest BCUT2D eigenvalue weighted by molar-refractivity contribution is 14.1. The van der Waals surface area contributed by atoms with Crippen molar-refractivity contribution in [2.24, 2.45) is 17.2 Å². The molecule has 0 aliphatic heterocycles. The molecule has 0 amide bonds. The van der Waals surface area contributed by atoms with Gasteiger partial charge >= 0.3 is 0 Å². The highest BCUT2D eigenvalue weighted by Gasteiger charge is 2.38. The van der Waals surface area contributed by atoms with E-state index in [0.29, 0.717) is 17.4 Å². The molecule has 100 valence electrons. The Morgan fingerprint density at radius 1 is 1.39 bits per heavy atom. The molecule has 3 heteroatoms. The van der Waals surface area contributed by atoms with E-state index in [1.165, 1.54) is 28.4 Å². The van der Waals surface area contributed by atoms with E-state index in [9.17, 15) is 0 Å². The SMILES string of the molecule is CC1(C)CCCC1C(Cc1ccc(I)cc1)NN. The Balaban J connectivity index is 2.07. The second kappa shape index (κ2) is 5.88. The zero-order valence-electron chi connectivity index (χ0n) is 11.2. The summed E-state index contributed by atoms with van der Waals surface area (Å²) in [6.07, 6.45) is 4.98. The van der Waals surface area contributed by atoms with E-state index in [1.807, 2.05) is 0 Å². The smallest absolute Gasteiger partial charge is 0.0284 e. The molecule has 1 aromatic carbocycles. The van der Waals surface area contributed by atoms with Crippen LogP contribution in [-0.4, -0.2) is 6.04 Å². The van der Waals surface area contributed by atoms with Gasteiger partial charge in [-0.3, -0.25) is 11.3 Å². The van der Waals surface area contributed by atoms with Gasteiger partial charge in [-0.15, -0.1) is 0 Å². The quantitative estimate of drug-likeness (QED) is 0.491. The third-order valence-electron chi connectivity index (χ3n) is 4.41. The van der Waals surface area contributed by atoms with Crippen LogP contribution < -0.4 is 11.3 Å². The summed E-state index contributed by atoms with van der Waals surface area (Å²) in [7, 11) is 0. The van der Waals surface area contributed by atoms with Gasteiger partial charge in [0.25, 0.3) is 0 Å². The summed E-state index contributed by atoms with van der Waals surface area (Å²) in [5, 5.41) is 0. The molecule has 2 nitrogen and oxygen atoms in total. The molecule has 0 radical (unpaired) electrons. The van der Waals surface area contributed by atoms with Gasteiger partial charge < -0.3 is 0 Å². The Morgan fingerprint density at radius 3 is 2.56 bits per heavy atom. The van der Waals surface area contributed by atoms with Crippen molar-refractivity contribution in [2.45, 2.75) is 45.6 Å². The summed E-state index contributed by atoms with van der Waals surface area (Å²) in [6, 6.07) is 9.16. The van der Waals surface area contributed by atoms with Gasteiger partial charge in [-0.2, -0.15) is 0 Å². The molecular weight excluding hydrogens is 335 g/mol. The summed E-state index contributed by atoms with van der Waals surface area (Å²) in [5.41, 5.74) is 4.85. The first kappa shape index (κ1) is 14.3. The minimum Gasteiger partial charge on any atom is -0.271 e. The number of hydrogen-bond acceptors (Lipinski definition) is 2. The molecule has 0 saturated heterocycles. The molecule has 0 spiro atoms. The number of halogens is 1. The van der Waals surface area contributed by atoms with Crippen molar-refractivity contribution < 1.29 is 0 Å². The van der Waals surface area contributed by atoms with Crippen molar-refractivity contribution in [2.75, 3.05) is 0 Å². The second-order valence-corrected chi connectivity index (χ2v) is 7.34. The molecule has 3 N–H and O–H groups in total. The second-order valence-electron chi connectivity index (χ2n) is 6.09. The molecule has 1 aliphatic carbocycles. The lowest BCUT2D eigenvalue weighted by molar-refractivity contribution is 0.196. The highest BCUT2D eigenvalue weighted by Crippen LogP contribution is 2.44. The maximum atomic E-state index is 5.80. The van der Waals surface area contributed by atoms with Crippen molar-refractivity contribution >= 4 is 22.6 Å². The van der Waals surface area contributed by atoms with Crippen LogP contribution in [0.15, 0.2) is 24.3 Å². The lowest BCUT2D eigenvalue weighted by atomic mass is 9.76. The van der Waals surface area contributed by atoms with Crippen molar-refractivity contribution in [3.05, 3.63) is 33.4 Å². The van der Waals surface area contributed by atoms with E-state index in [-0.39, 0.29) is 0 Å². The lowest BCUT2D eigenvalue weighted by Crippen LogP contribution is -2.45. The van der Waals surface area contributed by atoms with Gasteiger partial charge in [-0.25, -0.2) is 0 Å². The van der Waals surface area contributed by atoms with Crippen LogP contribution in [0, 0.1) is 14.9 Å². The van der Waals surface area contributed by atoms with E-state index in [0.717, 1.165) is 6.42 Å². The average Bonchev–Trinajstić information content (AvgIpc) is 2.68. The van der Waals surface area contributed by atoms with Crippen LogP contribution in [0.1, 0.15) is 38.7 Å². The lowest BCUT2D eigenvalue weighted by Gasteiger charge is -2.34. The Hall–Kier alpha value is -0.130. The van der Waals surface area contributed by atoms with E-state index < -0.39 is 0 Å². The molecule has 2 rings (SSSR count). The molecule has 18 heavy (non-hydrogen) atoms. The van der Waals surface area contributed by atoms with Gasteiger partial charge in [0.15, 0.2) is 0 Å². The Bertz CT molecular complexity index is 386. The van der Waals surface area contributed by atoms with Crippen molar-refractivity contribution in [3.63, 3.8) is 0 Å². The van der Waals surface area contributed by atoms with Crippen LogP contribution >= 0.6 is 22.6 Å². The fraction of sp³-hybridized carbons (Fsp3) is 0.600. The molecule has 2 unspecified atom stereocenters. The summed E-state index contributed by atoms with van der Waals surface area (Å²) in [6.45, 7) is 4.76. The summed E-state index contributed by atoms with van der Waals surface area (Å²) in [4.78, 5) is 0. The fourth-order valence-corrected chi connectivity index (χ4v) is 3.65. The molecule has 1 saturated carbocycles. The summed E-state index contributed by atoms with van der Waals surface area (Å²) < 4.78 is 1.29. The van der Waals surface area contributed by atoms with Crippen LogP contribution in [0.5, 0.6) is 0 Å². The molecule has 0 bridgehead atoms. The molecule has 0 aromatic heterocycles.